The van der Waals surface area contributed by atoms with Crippen LogP contribution in [0.3, 0.4) is 0 Å². The molecule has 0 saturated carbocycles. The highest BCUT2D eigenvalue weighted by atomic mass is 16.6. The standard InChI is InChI=1S/C17H18N3O4/c1-18(2)11-16(21)14-6-4-8-19(10-14)12-17(22)13-5-3-7-15(9-13)20(23)24/h3-10H,11-12H2,1-2H3/q+1. The third-order valence-electron chi connectivity index (χ3n) is 3.35. The Hall–Kier alpha value is -2.93. The summed E-state index contributed by atoms with van der Waals surface area (Å²) >= 11 is 0. The number of ketones is 2. The van der Waals surface area contributed by atoms with E-state index in [1.165, 1.54) is 24.3 Å². The fourth-order valence-electron chi connectivity index (χ4n) is 2.21. The molecule has 1 heterocycles. The third kappa shape index (κ3) is 4.53. The number of non-ortho nitro benzene ring substituents is 1. The Balaban J connectivity index is 2.16. The van der Waals surface area contributed by atoms with Crippen molar-refractivity contribution in [3.05, 3.63) is 70.0 Å². The summed E-state index contributed by atoms with van der Waals surface area (Å²) in [6, 6.07) is 9.00. The van der Waals surface area contributed by atoms with Crippen LogP contribution in [0.5, 0.6) is 0 Å². The number of hydrogen-bond acceptors (Lipinski definition) is 5. The zero-order chi connectivity index (χ0) is 17.7. The van der Waals surface area contributed by atoms with E-state index in [2.05, 4.69) is 0 Å². The van der Waals surface area contributed by atoms with E-state index in [0.29, 0.717) is 5.56 Å². The van der Waals surface area contributed by atoms with E-state index in [4.69, 9.17) is 0 Å². The topological polar surface area (TPSA) is 84.4 Å². The van der Waals surface area contributed by atoms with Gasteiger partial charge in [0.1, 0.15) is 0 Å². The third-order valence-corrected chi connectivity index (χ3v) is 3.35. The highest BCUT2D eigenvalue weighted by Crippen LogP contribution is 2.13. The van der Waals surface area contributed by atoms with Gasteiger partial charge in [-0.1, -0.05) is 12.1 Å². The first kappa shape index (κ1) is 17.4. The zero-order valence-electron chi connectivity index (χ0n) is 13.5. The van der Waals surface area contributed by atoms with E-state index < -0.39 is 4.92 Å². The molecule has 1 aromatic carbocycles. The number of likely N-dealkylation sites (N-methyl/N-ethyl adjacent to an activating group) is 1. The number of pyridine rings is 1. The average Bonchev–Trinajstić information content (AvgIpc) is 2.54. The van der Waals surface area contributed by atoms with Crippen molar-refractivity contribution < 1.29 is 19.1 Å². The van der Waals surface area contributed by atoms with Crippen molar-refractivity contribution in [2.24, 2.45) is 0 Å². The number of nitrogens with zero attached hydrogens (tertiary/aromatic N) is 3. The molecule has 124 valence electrons. The van der Waals surface area contributed by atoms with Gasteiger partial charge in [0, 0.05) is 23.8 Å². The summed E-state index contributed by atoms with van der Waals surface area (Å²) in [5, 5.41) is 10.8. The highest BCUT2D eigenvalue weighted by molar-refractivity contribution is 5.97. The van der Waals surface area contributed by atoms with Crippen LogP contribution >= 0.6 is 0 Å². The van der Waals surface area contributed by atoms with Crippen molar-refractivity contribution in [1.82, 2.24) is 4.90 Å². The van der Waals surface area contributed by atoms with E-state index in [9.17, 15) is 19.7 Å². The molecule has 0 N–H and O–H groups in total. The molecule has 0 saturated heterocycles. The molecule has 24 heavy (non-hydrogen) atoms. The van der Waals surface area contributed by atoms with E-state index in [-0.39, 0.29) is 35.9 Å². The van der Waals surface area contributed by atoms with Gasteiger partial charge in [-0.2, -0.15) is 4.57 Å². The van der Waals surface area contributed by atoms with Crippen molar-refractivity contribution in [1.29, 1.82) is 0 Å². The predicted molar refractivity (Wildman–Crippen MR) is 86.9 cm³/mol. The molecule has 0 unspecified atom stereocenters. The monoisotopic (exact) mass is 328 g/mol. The van der Waals surface area contributed by atoms with Crippen LogP contribution in [0.4, 0.5) is 5.69 Å². The Morgan fingerprint density at radius 2 is 1.83 bits per heavy atom. The number of nitro benzene ring substituents is 1. The van der Waals surface area contributed by atoms with E-state index >= 15 is 0 Å². The van der Waals surface area contributed by atoms with Gasteiger partial charge in [-0.25, -0.2) is 0 Å². The minimum Gasteiger partial charge on any atom is -0.302 e. The van der Waals surface area contributed by atoms with Gasteiger partial charge in [0.05, 0.1) is 17.0 Å². The van der Waals surface area contributed by atoms with Crippen LogP contribution in [0.15, 0.2) is 48.8 Å². The second kappa shape index (κ2) is 7.56. The number of Topliss-reactive ketones (excluding diaryl/α,β-unsaturated/α-hetero) is 2. The molecule has 2 aromatic rings. The lowest BCUT2D eigenvalue weighted by Gasteiger charge is -2.07. The van der Waals surface area contributed by atoms with Crippen molar-refractivity contribution in [3.8, 4) is 0 Å². The average molecular weight is 328 g/mol. The van der Waals surface area contributed by atoms with Crippen LogP contribution in [0.2, 0.25) is 0 Å². The molecule has 1 aromatic heterocycles. The van der Waals surface area contributed by atoms with Gasteiger partial charge in [-0.05, 0) is 20.2 Å². The molecule has 0 amide bonds. The number of rotatable bonds is 7. The first-order valence-electron chi connectivity index (χ1n) is 7.31. The van der Waals surface area contributed by atoms with E-state index in [0.717, 1.165) is 0 Å². The lowest BCUT2D eigenvalue weighted by atomic mass is 10.1. The maximum atomic E-state index is 12.3. The van der Waals surface area contributed by atoms with Crippen molar-refractivity contribution in [2.75, 3.05) is 20.6 Å². The second-order valence-electron chi connectivity index (χ2n) is 5.66. The van der Waals surface area contributed by atoms with E-state index in [1.54, 1.807) is 48.1 Å². The van der Waals surface area contributed by atoms with Gasteiger partial charge in [-0.15, -0.1) is 0 Å². The molecule has 2 rings (SSSR count). The van der Waals surface area contributed by atoms with Gasteiger partial charge < -0.3 is 4.90 Å². The van der Waals surface area contributed by atoms with Crippen molar-refractivity contribution >= 4 is 17.3 Å². The number of benzene rings is 1. The summed E-state index contributed by atoms with van der Waals surface area (Å²) in [6.07, 6.45) is 3.29. The largest absolute Gasteiger partial charge is 0.302 e. The fourth-order valence-corrected chi connectivity index (χ4v) is 2.21. The van der Waals surface area contributed by atoms with Gasteiger partial charge in [0.25, 0.3) is 5.69 Å². The quantitative estimate of drug-likeness (QED) is 0.333. The van der Waals surface area contributed by atoms with Gasteiger partial charge >= 0.3 is 0 Å². The van der Waals surface area contributed by atoms with Crippen molar-refractivity contribution in [2.45, 2.75) is 6.54 Å². The van der Waals surface area contributed by atoms with Gasteiger partial charge in [0.15, 0.2) is 18.2 Å². The summed E-state index contributed by atoms with van der Waals surface area (Å²) in [5.74, 6) is -0.307. The summed E-state index contributed by atoms with van der Waals surface area (Å²) in [7, 11) is 3.61. The van der Waals surface area contributed by atoms with Crippen LogP contribution < -0.4 is 4.57 Å². The maximum absolute atomic E-state index is 12.3. The Labute approximate surface area is 139 Å². The van der Waals surface area contributed by atoms with Crippen LogP contribution in [0.1, 0.15) is 20.7 Å². The Bertz CT molecular complexity index is 787. The first-order chi connectivity index (χ1) is 11.4. The SMILES string of the molecule is CN(C)CC(=O)c1ccc[n+](CC(=O)c2cccc([N+](=O)[O-])c2)c1. The number of nitro groups is 1. The number of aromatic nitrogens is 1. The van der Waals surface area contributed by atoms with Crippen LogP contribution in [-0.4, -0.2) is 42.0 Å². The molecule has 0 atom stereocenters. The second-order valence-corrected chi connectivity index (χ2v) is 5.66. The van der Waals surface area contributed by atoms with Crippen LogP contribution in [0, 0.1) is 10.1 Å². The minimum absolute atomic E-state index is 0.00422. The molecule has 0 bridgehead atoms. The summed E-state index contributed by atoms with van der Waals surface area (Å²) < 4.78 is 1.60. The van der Waals surface area contributed by atoms with Gasteiger partial charge in [0.2, 0.25) is 12.3 Å². The molecular weight excluding hydrogens is 310 g/mol. The lowest BCUT2D eigenvalue weighted by Crippen LogP contribution is -2.38. The molecule has 7 nitrogen and oxygen atoms in total. The molecule has 0 aliphatic heterocycles. The Morgan fingerprint density at radius 1 is 1.12 bits per heavy atom. The molecule has 0 spiro atoms. The molecular formula is C17H18N3O4+. The van der Waals surface area contributed by atoms with Crippen LogP contribution in [0.25, 0.3) is 0 Å². The minimum atomic E-state index is -0.537. The lowest BCUT2D eigenvalue weighted by molar-refractivity contribution is -0.683. The molecule has 7 heteroatoms. The summed E-state index contributed by atoms with van der Waals surface area (Å²) in [5.41, 5.74) is 0.653. The zero-order valence-corrected chi connectivity index (χ0v) is 13.5. The normalized spacial score (nSPS) is 10.6. The van der Waals surface area contributed by atoms with Gasteiger partial charge in [-0.3, -0.25) is 19.7 Å². The predicted octanol–water partition coefficient (Wildman–Crippen LogP) is 1.51. The molecule has 0 radical (unpaired) electrons. The summed E-state index contributed by atoms with van der Waals surface area (Å²) in [6.45, 7) is 0.285. The molecule has 0 aliphatic rings. The first-order valence-corrected chi connectivity index (χ1v) is 7.31. The molecule has 0 fully saturated rings. The highest BCUT2D eigenvalue weighted by Gasteiger charge is 2.17. The fraction of sp³-hybridized carbons (Fsp3) is 0.235. The van der Waals surface area contributed by atoms with Crippen molar-refractivity contribution in [3.63, 3.8) is 0 Å². The Kier molecular flexibility index (Phi) is 5.49. The number of hydrogen-bond donors (Lipinski definition) is 0. The summed E-state index contributed by atoms with van der Waals surface area (Å²) in [4.78, 5) is 36.4. The number of carbonyl (C=O) groups is 2. The number of carbonyl (C=O) groups excluding carboxylic acids is 2. The maximum Gasteiger partial charge on any atom is 0.270 e. The van der Waals surface area contributed by atoms with Crippen LogP contribution in [-0.2, 0) is 6.54 Å². The Morgan fingerprint density at radius 3 is 2.50 bits per heavy atom. The van der Waals surface area contributed by atoms with E-state index in [1.807, 2.05) is 0 Å². The smallest absolute Gasteiger partial charge is 0.270 e. The molecule has 0 aliphatic carbocycles.